The Morgan fingerprint density at radius 3 is 2.63 bits per heavy atom. The van der Waals surface area contributed by atoms with E-state index in [0.717, 1.165) is 42.2 Å². The fourth-order valence-corrected chi connectivity index (χ4v) is 1.74. The molecule has 0 saturated heterocycles. The summed E-state index contributed by atoms with van der Waals surface area (Å²) in [5.74, 6) is 1.60. The van der Waals surface area contributed by atoms with Crippen molar-refractivity contribution in [2.75, 3.05) is 6.61 Å². The van der Waals surface area contributed by atoms with Crippen LogP contribution in [0.5, 0.6) is 5.75 Å². The van der Waals surface area contributed by atoms with E-state index in [1.54, 1.807) is 0 Å². The molecule has 0 aliphatic carbocycles. The Morgan fingerprint density at radius 1 is 1.26 bits per heavy atom. The first kappa shape index (κ1) is 13.6. The third kappa shape index (κ3) is 3.35. The SMILES string of the molecule is CCCOc1ccc(-c2cc(C(N)CC)on2)cc1. The Balaban J connectivity index is 2.11. The summed E-state index contributed by atoms with van der Waals surface area (Å²) in [6, 6.07) is 9.65. The number of hydrogen-bond donors (Lipinski definition) is 1. The van der Waals surface area contributed by atoms with Crippen LogP contribution in [-0.2, 0) is 0 Å². The molecular formula is C15H20N2O2. The van der Waals surface area contributed by atoms with Gasteiger partial charge in [0.25, 0.3) is 0 Å². The van der Waals surface area contributed by atoms with E-state index in [1.807, 2.05) is 37.3 Å². The highest BCUT2D eigenvalue weighted by Crippen LogP contribution is 2.24. The molecule has 0 spiro atoms. The first-order chi connectivity index (χ1) is 9.24. The highest BCUT2D eigenvalue weighted by atomic mass is 16.5. The van der Waals surface area contributed by atoms with E-state index in [9.17, 15) is 0 Å². The fourth-order valence-electron chi connectivity index (χ4n) is 1.74. The molecule has 2 aromatic rings. The zero-order chi connectivity index (χ0) is 13.7. The quantitative estimate of drug-likeness (QED) is 0.863. The second-order valence-corrected chi connectivity index (χ2v) is 4.50. The van der Waals surface area contributed by atoms with Crippen molar-refractivity contribution in [3.63, 3.8) is 0 Å². The summed E-state index contributed by atoms with van der Waals surface area (Å²) >= 11 is 0. The van der Waals surface area contributed by atoms with Crippen LogP contribution in [0.3, 0.4) is 0 Å². The van der Waals surface area contributed by atoms with E-state index < -0.39 is 0 Å². The summed E-state index contributed by atoms with van der Waals surface area (Å²) in [5.41, 5.74) is 7.72. The van der Waals surface area contributed by atoms with Gasteiger partial charge < -0.3 is 15.0 Å². The van der Waals surface area contributed by atoms with Gasteiger partial charge in [-0.05, 0) is 37.1 Å². The summed E-state index contributed by atoms with van der Waals surface area (Å²) in [7, 11) is 0. The number of benzene rings is 1. The average Bonchev–Trinajstić information content (AvgIpc) is 2.94. The second-order valence-electron chi connectivity index (χ2n) is 4.50. The molecular weight excluding hydrogens is 240 g/mol. The first-order valence-corrected chi connectivity index (χ1v) is 6.70. The molecule has 1 aromatic heterocycles. The first-order valence-electron chi connectivity index (χ1n) is 6.70. The van der Waals surface area contributed by atoms with Gasteiger partial charge in [-0.1, -0.05) is 19.0 Å². The fraction of sp³-hybridized carbons (Fsp3) is 0.400. The summed E-state index contributed by atoms with van der Waals surface area (Å²) in [5, 5.41) is 4.05. The lowest BCUT2D eigenvalue weighted by Crippen LogP contribution is -2.06. The summed E-state index contributed by atoms with van der Waals surface area (Å²) in [6.45, 7) is 4.84. The van der Waals surface area contributed by atoms with Crippen LogP contribution in [0, 0.1) is 0 Å². The summed E-state index contributed by atoms with van der Waals surface area (Å²) in [4.78, 5) is 0. The van der Waals surface area contributed by atoms with Crippen molar-refractivity contribution in [2.45, 2.75) is 32.7 Å². The van der Waals surface area contributed by atoms with Gasteiger partial charge >= 0.3 is 0 Å². The number of aromatic nitrogens is 1. The van der Waals surface area contributed by atoms with E-state index in [2.05, 4.69) is 12.1 Å². The number of rotatable bonds is 6. The third-order valence-corrected chi connectivity index (χ3v) is 2.96. The van der Waals surface area contributed by atoms with Gasteiger partial charge in [-0.2, -0.15) is 0 Å². The smallest absolute Gasteiger partial charge is 0.154 e. The molecule has 2 rings (SSSR count). The number of ether oxygens (including phenoxy) is 1. The maximum Gasteiger partial charge on any atom is 0.154 e. The van der Waals surface area contributed by atoms with Crippen molar-refractivity contribution in [3.8, 4) is 17.0 Å². The van der Waals surface area contributed by atoms with Gasteiger partial charge in [-0.25, -0.2) is 0 Å². The molecule has 0 bridgehead atoms. The molecule has 0 radical (unpaired) electrons. The van der Waals surface area contributed by atoms with Crippen LogP contribution >= 0.6 is 0 Å². The molecule has 4 nitrogen and oxygen atoms in total. The van der Waals surface area contributed by atoms with E-state index >= 15 is 0 Å². The molecule has 2 N–H and O–H groups in total. The largest absolute Gasteiger partial charge is 0.494 e. The van der Waals surface area contributed by atoms with Crippen LogP contribution < -0.4 is 10.5 Å². The van der Waals surface area contributed by atoms with E-state index in [-0.39, 0.29) is 6.04 Å². The van der Waals surface area contributed by atoms with Crippen LogP contribution in [0.1, 0.15) is 38.5 Å². The Hall–Kier alpha value is -1.81. The molecule has 0 aliphatic heterocycles. The number of nitrogens with two attached hydrogens (primary N) is 1. The normalized spacial score (nSPS) is 12.4. The summed E-state index contributed by atoms with van der Waals surface area (Å²) < 4.78 is 10.8. The van der Waals surface area contributed by atoms with E-state index in [1.165, 1.54) is 0 Å². The monoisotopic (exact) mass is 260 g/mol. The summed E-state index contributed by atoms with van der Waals surface area (Å²) in [6.07, 6.45) is 1.84. The van der Waals surface area contributed by atoms with Crippen molar-refractivity contribution in [1.82, 2.24) is 5.16 Å². The molecule has 0 saturated carbocycles. The van der Waals surface area contributed by atoms with Gasteiger partial charge in [0.15, 0.2) is 5.76 Å². The topological polar surface area (TPSA) is 61.3 Å². The molecule has 4 heteroatoms. The molecule has 1 atom stereocenters. The van der Waals surface area contributed by atoms with Crippen LogP contribution in [0.2, 0.25) is 0 Å². The lowest BCUT2D eigenvalue weighted by molar-refractivity contribution is 0.317. The van der Waals surface area contributed by atoms with Crippen LogP contribution in [0.25, 0.3) is 11.3 Å². The zero-order valence-corrected chi connectivity index (χ0v) is 11.4. The maximum atomic E-state index is 5.91. The van der Waals surface area contributed by atoms with Crippen LogP contribution in [-0.4, -0.2) is 11.8 Å². The predicted molar refractivity (Wildman–Crippen MR) is 74.9 cm³/mol. The Labute approximate surface area is 113 Å². The number of nitrogens with zero attached hydrogens (tertiary/aromatic N) is 1. The average molecular weight is 260 g/mol. The number of hydrogen-bond acceptors (Lipinski definition) is 4. The molecule has 0 aliphatic rings. The highest BCUT2D eigenvalue weighted by Gasteiger charge is 2.11. The van der Waals surface area contributed by atoms with Gasteiger partial charge in [0, 0.05) is 11.6 Å². The molecule has 1 aromatic carbocycles. The van der Waals surface area contributed by atoms with E-state index in [4.69, 9.17) is 15.0 Å². The Bertz CT molecular complexity index is 505. The third-order valence-electron chi connectivity index (χ3n) is 2.96. The van der Waals surface area contributed by atoms with Gasteiger partial charge in [-0.3, -0.25) is 0 Å². The molecule has 1 heterocycles. The Morgan fingerprint density at radius 2 is 2.00 bits per heavy atom. The standard InChI is InChI=1S/C15H20N2O2/c1-3-9-18-12-7-5-11(6-8-12)14-10-15(19-17-14)13(16)4-2/h5-8,10,13H,3-4,9,16H2,1-2H3. The minimum atomic E-state index is -0.0894. The van der Waals surface area contributed by atoms with Gasteiger partial charge in [0.1, 0.15) is 11.4 Å². The minimum Gasteiger partial charge on any atom is -0.494 e. The zero-order valence-electron chi connectivity index (χ0n) is 11.4. The van der Waals surface area contributed by atoms with Gasteiger partial charge in [0.05, 0.1) is 12.6 Å². The van der Waals surface area contributed by atoms with Crippen molar-refractivity contribution >= 4 is 0 Å². The van der Waals surface area contributed by atoms with Gasteiger partial charge in [0.2, 0.25) is 0 Å². The van der Waals surface area contributed by atoms with Crippen molar-refractivity contribution in [3.05, 3.63) is 36.1 Å². The lowest BCUT2D eigenvalue weighted by atomic mass is 10.1. The Kier molecular flexibility index (Phi) is 4.58. The van der Waals surface area contributed by atoms with Gasteiger partial charge in [-0.15, -0.1) is 0 Å². The van der Waals surface area contributed by atoms with Crippen molar-refractivity contribution < 1.29 is 9.26 Å². The van der Waals surface area contributed by atoms with Crippen molar-refractivity contribution in [2.24, 2.45) is 5.73 Å². The molecule has 0 fully saturated rings. The molecule has 0 amide bonds. The van der Waals surface area contributed by atoms with Crippen LogP contribution in [0.15, 0.2) is 34.9 Å². The van der Waals surface area contributed by atoms with E-state index in [0.29, 0.717) is 0 Å². The highest BCUT2D eigenvalue weighted by molar-refractivity contribution is 5.59. The van der Waals surface area contributed by atoms with Crippen LogP contribution in [0.4, 0.5) is 0 Å². The predicted octanol–water partition coefficient (Wildman–Crippen LogP) is 3.54. The lowest BCUT2D eigenvalue weighted by Gasteiger charge is -2.04. The molecule has 19 heavy (non-hydrogen) atoms. The second kappa shape index (κ2) is 6.38. The molecule has 1 unspecified atom stereocenters. The molecule has 102 valence electrons. The van der Waals surface area contributed by atoms with Crippen molar-refractivity contribution in [1.29, 1.82) is 0 Å². The minimum absolute atomic E-state index is 0.0894. The maximum absolute atomic E-state index is 5.91.